The number of rotatable bonds is 7. The molecule has 3 heteroatoms. The standard InChI is InChI=1S/C42H35N3/c1-42(2,37-21-13-6-14-22-37)38-25-23-31(24-26-38)35-27-34(30-15-7-3-8-16-30)28-36(29-35)41-44-39(32-17-9-4-10-18-32)43-40(45-41)33-19-11-5-12-20-33/h3-21,23-29,37H,22H2,1-2H3. The summed E-state index contributed by atoms with van der Waals surface area (Å²) in [6, 6.07) is 46.5. The first-order valence-electron chi connectivity index (χ1n) is 15.6. The van der Waals surface area contributed by atoms with Gasteiger partial charge in [0.05, 0.1) is 0 Å². The van der Waals surface area contributed by atoms with Gasteiger partial charge >= 0.3 is 0 Å². The summed E-state index contributed by atoms with van der Waals surface area (Å²) < 4.78 is 0. The Morgan fingerprint density at radius 2 is 0.911 bits per heavy atom. The summed E-state index contributed by atoms with van der Waals surface area (Å²) in [5, 5.41) is 0. The van der Waals surface area contributed by atoms with Gasteiger partial charge in [-0.15, -0.1) is 0 Å². The minimum atomic E-state index is 0.0311. The van der Waals surface area contributed by atoms with E-state index in [2.05, 4.69) is 111 Å². The van der Waals surface area contributed by atoms with Crippen LogP contribution in [0.3, 0.4) is 0 Å². The quantitative estimate of drug-likeness (QED) is 0.188. The van der Waals surface area contributed by atoms with Crippen LogP contribution in [-0.4, -0.2) is 15.0 Å². The Morgan fingerprint density at radius 1 is 0.467 bits per heavy atom. The monoisotopic (exact) mass is 581 g/mol. The number of nitrogens with zero attached hydrogens (tertiary/aromatic N) is 3. The van der Waals surface area contributed by atoms with E-state index >= 15 is 0 Å². The molecule has 1 aliphatic rings. The van der Waals surface area contributed by atoms with Crippen LogP contribution in [0.2, 0.25) is 0 Å². The molecule has 1 aromatic heterocycles. The summed E-state index contributed by atoms with van der Waals surface area (Å²) in [6.45, 7) is 4.69. The van der Waals surface area contributed by atoms with Gasteiger partial charge < -0.3 is 0 Å². The Labute approximate surface area is 265 Å². The largest absolute Gasteiger partial charge is 0.208 e. The van der Waals surface area contributed by atoms with Crippen LogP contribution in [0.5, 0.6) is 0 Å². The van der Waals surface area contributed by atoms with Crippen molar-refractivity contribution in [3.63, 3.8) is 0 Å². The first-order chi connectivity index (χ1) is 22.0. The van der Waals surface area contributed by atoms with Crippen molar-refractivity contribution in [2.24, 2.45) is 5.92 Å². The van der Waals surface area contributed by atoms with E-state index < -0.39 is 0 Å². The number of aromatic nitrogens is 3. The molecule has 1 heterocycles. The molecule has 3 nitrogen and oxygen atoms in total. The van der Waals surface area contributed by atoms with Gasteiger partial charge in [0.15, 0.2) is 17.5 Å². The molecule has 0 spiro atoms. The zero-order chi connectivity index (χ0) is 30.6. The van der Waals surface area contributed by atoms with Crippen molar-refractivity contribution in [2.45, 2.75) is 25.7 Å². The number of benzene rings is 5. The smallest absolute Gasteiger partial charge is 0.164 e. The van der Waals surface area contributed by atoms with Gasteiger partial charge in [0.1, 0.15) is 0 Å². The van der Waals surface area contributed by atoms with Gasteiger partial charge in [0.2, 0.25) is 0 Å². The summed E-state index contributed by atoms with van der Waals surface area (Å²) in [4.78, 5) is 15.0. The van der Waals surface area contributed by atoms with Gasteiger partial charge in [-0.05, 0) is 63.8 Å². The average Bonchev–Trinajstić information content (AvgIpc) is 3.13. The molecule has 0 N–H and O–H groups in total. The molecule has 6 aromatic rings. The first kappa shape index (κ1) is 28.4. The molecule has 1 atom stereocenters. The average molecular weight is 582 g/mol. The highest BCUT2D eigenvalue weighted by Crippen LogP contribution is 2.38. The molecule has 1 unspecified atom stereocenters. The lowest BCUT2D eigenvalue weighted by Gasteiger charge is -2.33. The van der Waals surface area contributed by atoms with Gasteiger partial charge in [0, 0.05) is 16.7 Å². The maximum atomic E-state index is 5.03. The van der Waals surface area contributed by atoms with Crippen LogP contribution in [0.1, 0.15) is 25.8 Å². The molecule has 0 fully saturated rings. The molecule has 7 rings (SSSR count). The first-order valence-corrected chi connectivity index (χ1v) is 15.6. The Hall–Kier alpha value is -5.41. The predicted molar refractivity (Wildman–Crippen MR) is 186 cm³/mol. The van der Waals surface area contributed by atoms with Crippen LogP contribution in [0, 0.1) is 5.92 Å². The van der Waals surface area contributed by atoms with Crippen molar-refractivity contribution in [3.8, 4) is 56.4 Å². The minimum Gasteiger partial charge on any atom is -0.208 e. The highest BCUT2D eigenvalue weighted by Gasteiger charge is 2.29. The summed E-state index contributed by atoms with van der Waals surface area (Å²) in [7, 11) is 0. The molecular formula is C42H35N3. The van der Waals surface area contributed by atoms with Gasteiger partial charge in [-0.2, -0.15) is 0 Å². The van der Waals surface area contributed by atoms with Crippen LogP contribution >= 0.6 is 0 Å². The molecule has 0 saturated carbocycles. The van der Waals surface area contributed by atoms with E-state index in [1.54, 1.807) is 0 Å². The number of hydrogen-bond donors (Lipinski definition) is 0. The van der Waals surface area contributed by atoms with Crippen molar-refractivity contribution >= 4 is 0 Å². The zero-order valence-electron chi connectivity index (χ0n) is 25.6. The van der Waals surface area contributed by atoms with Crippen molar-refractivity contribution in [1.82, 2.24) is 15.0 Å². The Balaban J connectivity index is 1.35. The molecule has 218 valence electrons. The van der Waals surface area contributed by atoms with Gasteiger partial charge in [0.25, 0.3) is 0 Å². The molecule has 5 aromatic carbocycles. The maximum Gasteiger partial charge on any atom is 0.164 e. The van der Waals surface area contributed by atoms with E-state index in [1.807, 2.05) is 60.7 Å². The van der Waals surface area contributed by atoms with Crippen molar-refractivity contribution in [2.75, 3.05) is 0 Å². The van der Waals surface area contributed by atoms with E-state index in [4.69, 9.17) is 15.0 Å². The third-order valence-electron chi connectivity index (χ3n) is 8.87. The fourth-order valence-electron chi connectivity index (χ4n) is 6.08. The molecule has 45 heavy (non-hydrogen) atoms. The maximum absolute atomic E-state index is 5.03. The molecule has 1 aliphatic carbocycles. The van der Waals surface area contributed by atoms with Crippen LogP contribution in [0.25, 0.3) is 56.4 Å². The van der Waals surface area contributed by atoms with Gasteiger partial charge in [-0.25, -0.2) is 15.0 Å². The van der Waals surface area contributed by atoms with Crippen LogP contribution in [-0.2, 0) is 5.41 Å². The van der Waals surface area contributed by atoms with E-state index in [0.717, 1.165) is 45.4 Å². The zero-order valence-corrected chi connectivity index (χ0v) is 25.6. The van der Waals surface area contributed by atoms with E-state index in [9.17, 15) is 0 Å². The lowest BCUT2D eigenvalue weighted by atomic mass is 9.71. The fourth-order valence-corrected chi connectivity index (χ4v) is 6.08. The van der Waals surface area contributed by atoms with Crippen LogP contribution < -0.4 is 0 Å². The Morgan fingerprint density at radius 3 is 1.40 bits per heavy atom. The van der Waals surface area contributed by atoms with Crippen molar-refractivity contribution in [1.29, 1.82) is 0 Å². The summed E-state index contributed by atoms with van der Waals surface area (Å²) in [5.41, 5.74) is 8.79. The van der Waals surface area contributed by atoms with Gasteiger partial charge in [-0.1, -0.05) is 153 Å². The predicted octanol–water partition coefficient (Wildman–Crippen LogP) is 10.6. The molecule has 0 saturated heterocycles. The third-order valence-corrected chi connectivity index (χ3v) is 8.87. The summed E-state index contributed by atoms with van der Waals surface area (Å²) in [6.07, 6.45) is 9.99. The van der Waals surface area contributed by atoms with Crippen molar-refractivity contribution < 1.29 is 0 Å². The van der Waals surface area contributed by atoms with E-state index in [1.165, 1.54) is 5.56 Å². The summed E-state index contributed by atoms with van der Waals surface area (Å²) in [5.74, 6) is 2.44. The SMILES string of the molecule is CC(C)(c1ccc(-c2cc(-c3ccccc3)cc(-c3nc(-c4ccccc4)nc(-c4ccccc4)n3)c2)cc1)C1C=CC=CC1. The van der Waals surface area contributed by atoms with E-state index in [-0.39, 0.29) is 5.41 Å². The number of allylic oxidation sites excluding steroid dienone is 4. The molecular weight excluding hydrogens is 546 g/mol. The molecule has 0 aliphatic heterocycles. The second-order valence-corrected chi connectivity index (χ2v) is 12.2. The lowest BCUT2D eigenvalue weighted by molar-refractivity contribution is 0.382. The second-order valence-electron chi connectivity index (χ2n) is 12.2. The third kappa shape index (κ3) is 6.03. The lowest BCUT2D eigenvalue weighted by Crippen LogP contribution is -2.27. The normalized spacial score (nSPS) is 14.4. The van der Waals surface area contributed by atoms with Crippen LogP contribution in [0.15, 0.2) is 158 Å². The van der Waals surface area contributed by atoms with Crippen molar-refractivity contribution in [3.05, 3.63) is 163 Å². The molecule has 0 amide bonds. The highest BCUT2D eigenvalue weighted by molar-refractivity contribution is 5.80. The van der Waals surface area contributed by atoms with Gasteiger partial charge in [-0.3, -0.25) is 0 Å². The highest BCUT2D eigenvalue weighted by atomic mass is 15.0. The number of hydrogen-bond acceptors (Lipinski definition) is 3. The van der Waals surface area contributed by atoms with Crippen LogP contribution in [0.4, 0.5) is 0 Å². The Kier molecular flexibility index (Phi) is 7.75. The molecule has 0 bridgehead atoms. The second kappa shape index (κ2) is 12.3. The fraction of sp³-hybridized carbons (Fsp3) is 0.119. The molecule has 0 radical (unpaired) electrons. The summed E-state index contributed by atoms with van der Waals surface area (Å²) >= 11 is 0. The Bertz CT molecular complexity index is 1920. The van der Waals surface area contributed by atoms with E-state index in [0.29, 0.717) is 23.4 Å². The minimum absolute atomic E-state index is 0.0311. The topological polar surface area (TPSA) is 38.7 Å².